The van der Waals surface area contributed by atoms with E-state index in [1.165, 1.54) is 5.56 Å². The Hall–Kier alpha value is -1.88. The van der Waals surface area contributed by atoms with Crippen LogP contribution in [-0.2, 0) is 0 Å². The van der Waals surface area contributed by atoms with Crippen LogP contribution in [0, 0.1) is 0 Å². The summed E-state index contributed by atoms with van der Waals surface area (Å²) in [6.45, 7) is 7.40. The van der Waals surface area contributed by atoms with E-state index in [1.807, 2.05) is 18.3 Å². The lowest BCUT2D eigenvalue weighted by molar-refractivity contribution is 0.330. The van der Waals surface area contributed by atoms with Crippen molar-refractivity contribution in [2.75, 3.05) is 6.54 Å². The fourth-order valence-corrected chi connectivity index (χ4v) is 3.41. The van der Waals surface area contributed by atoms with E-state index in [9.17, 15) is 0 Å². The van der Waals surface area contributed by atoms with Gasteiger partial charge in [-0.15, -0.1) is 0 Å². The second-order valence-electron chi connectivity index (χ2n) is 5.90. The standard InChI is InChI=1S/C17H22N4S/c1-4-21-16(13-8-10-20(11-13)12(2)3)15(19-17(21)22)14-7-5-6-9-18-14/h5-12,15-16H,4H2,1-3H3,(H,19,22)/t15-,16-/m0/s1. The molecule has 5 heteroatoms. The number of thiocarbonyl (C=S) groups is 1. The van der Waals surface area contributed by atoms with Gasteiger partial charge < -0.3 is 14.8 Å². The minimum absolute atomic E-state index is 0.0941. The second kappa shape index (κ2) is 6.08. The third-order valence-electron chi connectivity index (χ3n) is 4.21. The minimum Gasteiger partial charge on any atom is -0.352 e. The smallest absolute Gasteiger partial charge is 0.170 e. The molecule has 22 heavy (non-hydrogen) atoms. The van der Waals surface area contributed by atoms with Gasteiger partial charge in [-0.2, -0.15) is 0 Å². The van der Waals surface area contributed by atoms with Crippen molar-refractivity contribution in [3.05, 3.63) is 54.1 Å². The van der Waals surface area contributed by atoms with Crippen molar-refractivity contribution in [3.8, 4) is 0 Å². The molecule has 0 aliphatic carbocycles. The van der Waals surface area contributed by atoms with E-state index in [2.05, 4.69) is 65.1 Å². The molecule has 0 aromatic carbocycles. The molecule has 0 unspecified atom stereocenters. The summed E-state index contributed by atoms with van der Waals surface area (Å²) in [5.41, 5.74) is 2.31. The van der Waals surface area contributed by atoms with Gasteiger partial charge >= 0.3 is 0 Å². The summed E-state index contributed by atoms with van der Waals surface area (Å²) < 4.78 is 2.24. The Kier molecular flexibility index (Phi) is 4.16. The minimum atomic E-state index is 0.0941. The maximum Gasteiger partial charge on any atom is 0.170 e. The number of nitrogens with one attached hydrogen (secondary N) is 1. The molecular formula is C17H22N4S. The van der Waals surface area contributed by atoms with Crippen LogP contribution >= 0.6 is 12.2 Å². The highest BCUT2D eigenvalue weighted by atomic mass is 32.1. The highest BCUT2D eigenvalue weighted by Crippen LogP contribution is 2.38. The molecule has 2 atom stereocenters. The maximum atomic E-state index is 5.53. The van der Waals surface area contributed by atoms with Crippen molar-refractivity contribution in [2.45, 2.75) is 38.9 Å². The van der Waals surface area contributed by atoms with Crippen LogP contribution in [0.25, 0.3) is 0 Å². The Balaban J connectivity index is 2.00. The zero-order valence-electron chi connectivity index (χ0n) is 13.2. The normalized spacial score (nSPS) is 21.5. The lowest BCUT2D eigenvalue weighted by atomic mass is 9.99. The Morgan fingerprint density at radius 3 is 2.73 bits per heavy atom. The average molecular weight is 314 g/mol. The number of nitrogens with zero attached hydrogens (tertiary/aromatic N) is 3. The van der Waals surface area contributed by atoms with Gasteiger partial charge in [0.05, 0.1) is 17.8 Å². The van der Waals surface area contributed by atoms with Crippen LogP contribution in [0.2, 0.25) is 0 Å². The molecule has 0 amide bonds. The molecule has 1 fully saturated rings. The quantitative estimate of drug-likeness (QED) is 0.876. The topological polar surface area (TPSA) is 33.1 Å². The summed E-state index contributed by atoms with van der Waals surface area (Å²) in [5, 5.41) is 4.25. The first kappa shape index (κ1) is 15.0. The number of pyridine rings is 1. The number of likely N-dealkylation sites (N-methyl/N-ethyl adjacent to an activating group) is 1. The first-order chi connectivity index (χ1) is 10.6. The van der Waals surface area contributed by atoms with E-state index in [0.29, 0.717) is 6.04 Å². The van der Waals surface area contributed by atoms with Gasteiger partial charge in [0.1, 0.15) is 0 Å². The van der Waals surface area contributed by atoms with E-state index in [0.717, 1.165) is 17.4 Å². The predicted octanol–water partition coefficient (Wildman–Crippen LogP) is 3.46. The van der Waals surface area contributed by atoms with Crippen molar-refractivity contribution in [3.63, 3.8) is 0 Å². The first-order valence-corrected chi connectivity index (χ1v) is 8.18. The number of hydrogen-bond acceptors (Lipinski definition) is 2. The number of aromatic nitrogens is 2. The fraction of sp³-hybridized carbons (Fsp3) is 0.412. The summed E-state index contributed by atoms with van der Waals surface area (Å²) in [5.74, 6) is 0. The number of hydrogen-bond donors (Lipinski definition) is 1. The van der Waals surface area contributed by atoms with Gasteiger partial charge in [0.25, 0.3) is 0 Å². The van der Waals surface area contributed by atoms with Crippen LogP contribution in [-0.4, -0.2) is 26.1 Å². The van der Waals surface area contributed by atoms with Gasteiger partial charge in [0, 0.05) is 31.2 Å². The monoisotopic (exact) mass is 314 g/mol. The van der Waals surface area contributed by atoms with Crippen LogP contribution in [0.5, 0.6) is 0 Å². The van der Waals surface area contributed by atoms with Gasteiger partial charge in [-0.1, -0.05) is 6.07 Å². The fourth-order valence-electron chi connectivity index (χ4n) is 3.04. The molecule has 0 spiro atoms. The molecule has 1 aliphatic heterocycles. The van der Waals surface area contributed by atoms with Crippen molar-refractivity contribution >= 4 is 17.3 Å². The predicted molar refractivity (Wildman–Crippen MR) is 92.6 cm³/mol. The molecule has 4 nitrogen and oxygen atoms in total. The Bertz CT molecular complexity index is 650. The molecule has 116 valence electrons. The van der Waals surface area contributed by atoms with E-state index in [1.54, 1.807) is 0 Å². The second-order valence-corrected chi connectivity index (χ2v) is 6.29. The van der Waals surface area contributed by atoms with Gasteiger partial charge in [-0.3, -0.25) is 4.98 Å². The maximum absolute atomic E-state index is 5.53. The molecule has 0 saturated carbocycles. The third kappa shape index (κ3) is 2.61. The molecular weight excluding hydrogens is 292 g/mol. The summed E-state index contributed by atoms with van der Waals surface area (Å²) >= 11 is 5.53. The number of rotatable bonds is 4. The Morgan fingerprint density at radius 1 is 1.32 bits per heavy atom. The highest BCUT2D eigenvalue weighted by Gasteiger charge is 2.39. The van der Waals surface area contributed by atoms with Crippen molar-refractivity contribution in [1.82, 2.24) is 19.8 Å². The van der Waals surface area contributed by atoms with Gasteiger partial charge in [0.15, 0.2) is 5.11 Å². The SMILES string of the molecule is CCN1C(=S)N[C@@H](c2ccccn2)[C@@H]1c1ccn(C(C)C)c1. The van der Waals surface area contributed by atoms with Gasteiger partial charge in [-0.05, 0) is 56.8 Å². The molecule has 1 saturated heterocycles. The summed E-state index contributed by atoms with van der Waals surface area (Å²) in [6.07, 6.45) is 6.21. The van der Waals surface area contributed by atoms with Crippen LogP contribution < -0.4 is 5.32 Å². The Labute approximate surface area is 137 Å². The molecule has 1 N–H and O–H groups in total. The van der Waals surface area contributed by atoms with Gasteiger partial charge in [0.2, 0.25) is 0 Å². The molecule has 1 aliphatic rings. The lowest BCUT2D eigenvalue weighted by Crippen LogP contribution is -2.29. The molecule has 3 heterocycles. The Morgan fingerprint density at radius 2 is 2.14 bits per heavy atom. The summed E-state index contributed by atoms with van der Waals surface area (Å²) in [6, 6.07) is 8.96. The van der Waals surface area contributed by atoms with E-state index in [-0.39, 0.29) is 12.1 Å². The zero-order chi connectivity index (χ0) is 15.7. The van der Waals surface area contributed by atoms with Crippen LogP contribution in [0.1, 0.15) is 50.2 Å². The molecule has 0 radical (unpaired) electrons. The van der Waals surface area contributed by atoms with Crippen LogP contribution in [0.15, 0.2) is 42.9 Å². The van der Waals surface area contributed by atoms with Crippen molar-refractivity contribution < 1.29 is 0 Å². The van der Waals surface area contributed by atoms with Crippen LogP contribution in [0.3, 0.4) is 0 Å². The van der Waals surface area contributed by atoms with E-state index >= 15 is 0 Å². The largest absolute Gasteiger partial charge is 0.352 e. The van der Waals surface area contributed by atoms with Gasteiger partial charge in [-0.25, -0.2) is 0 Å². The third-order valence-corrected chi connectivity index (χ3v) is 4.57. The van der Waals surface area contributed by atoms with Crippen molar-refractivity contribution in [1.29, 1.82) is 0 Å². The summed E-state index contributed by atoms with van der Waals surface area (Å²) in [7, 11) is 0. The van der Waals surface area contributed by atoms with Crippen molar-refractivity contribution in [2.24, 2.45) is 0 Å². The average Bonchev–Trinajstić information content (AvgIpc) is 3.12. The highest BCUT2D eigenvalue weighted by molar-refractivity contribution is 7.80. The molecule has 2 aromatic heterocycles. The molecule has 2 aromatic rings. The van der Waals surface area contributed by atoms with E-state index < -0.39 is 0 Å². The molecule has 3 rings (SSSR count). The van der Waals surface area contributed by atoms with Crippen LogP contribution in [0.4, 0.5) is 0 Å². The lowest BCUT2D eigenvalue weighted by Gasteiger charge is -2.25. The van der Waals surface area contributed by atoms with E-state index in [4.69, 9.17) is 12.2 Å². The summed E-state index contributed by atoms with van der Waals surface area (Å²) in [4.78, 5) is 6.77. The zero-order valence-corrected chi connectivity index (χ0v) is 14.0. The first-order valence-electron chi connectivity index (χ1n) is 7.77. The molecule has 0 bridgehead atoms.